The predicted molar refractivity (Wildman–Crippen MR) is 76.1 cm³/mol. The topological polar surface area (TPSA) is 72.2 Å². The Morgan fingerprint density at radius 1 is 1.39 bits per heavy atom. The fourth-order valence-electron chi connectivity index (χ4n) is 1.69. The Kier molecular flexibility index (Phi) is 6.28. The molecular formula is C12H22N2O2S2. The summed E-state index contributed by atoms with van der Waals surface area (Å²) in [5, 5.41) is 0. The number of rotatable bonds is 8. The molecule has 6 heteroatoms. The molecular weight excluding hydrogens is 268 g/mol. The molecule has 1 aromatic rings. The molecule has 1 atom stereocenters. The van der Waals surface area contributed by atoms with E-state index in [4.69, 9.17) is 5.73 Å². The standard InChI is InChI=1S/C12H22N2O2S2/c1-3-4-5-6-10(2)14-18(15,16)12-8-7-11(9-13)17-12/h7-8,10,14H,3-6,9,13H2,1-2H3. The van der Waals surface area contributed by atoms with Crippen molar-refractivity contribution < 1.29 is 8.42 Å². The first kappa shape index (κ1) is 15.6. The molecule has 0 radical (unpaired) electrons. The third-order valence-electron chi connectivity index (χ3n) is 2.70. The molecule has 1 heterocycles. The van der Waals surface area contributed by atoms with E-state index in [-0.39, 0.29) is 6.04 Å². The molecule has 1 rings (SSSR count). The SMILES string of the molecule is CCCCCC(C)NS(=O)(=O)c1ccc(CN)s1. The Morgan fingerprint density at radius 3 is 2.67 bits per heavy atom. The minimum Gasteiger partial charge on any atom is -0.326 e. The van der Waals surface area contributed by atoms with Gasteiger partial charge in [-0.25, -0.2) is 13.1 Å². The first-order chi connectivity index (χ1) is 8.49. The van der Waals surface area contributed by atoms with Gasteiger partial charge < -0.3 is 5.73 Å². The second kappa shape index (κ2) is 7.23. The molecule has 0 amide bonds. The first-order valence-electron chi connectivity index (χ1n) is 6.30. The largest absolute Gasteiger partial charge is 0.326 e. The Bertz CT molecular complexity index is 454. The number of hydrogen-bond donors (Lipinski definition) is 2. The van der Waals surface area contributed by atoms with Gasteiger partial charge in [-0.1, -0.05) is 26.2 Å². The monoisotopic (exact) mass is 290 g/mol. The maximum absolute atomic E-state index is 12.1. The van der Waals surface area contributed by atoms with Crippen molar-refractivity contribution in [2.24, 2.45) is 5.73 Å². The number of unbranched alkanes of at least 4 members (excludes halogenated alkanes) is 2. The van der Waals surface area contributed by atoms with Crippen molar-refractivity contribution in [1.82, 2.24) is 4.72 Å². The molecule has 0 bridgehead atoms. The molecule has 0 aliphatic carbocycles. The lowest BCUT2D eigenvalue weighted by Crippen LogP contribution is -2.32. The maximum atomic E-state index is 12.1. The Hall–Kier alpha value is -0.430. The van der Waals surface area contributed by atoms with E-state index in [0.29, 0.717) is 10.8 Å². The summed E-state index contributed by atoms with van der Waals surface area (Å²) in [6.07, 6.45) is 4.22. The molecule has 0 aromatic carbocycles. The van der Waals surface area contributed by atoms with E-state index in [1.165, 1.54) is 11.3 Å². The molecule has 0 fully saturated rings. The van der Waals surface area contributed by atoms with Crippen LogP contribution in [0.15, 0.2) is 16.3 Å². The van der Waals surface area contributed by atoms with Gasteiger partial charge in [0, 0.05) is 17.5 Å². The van der Waals surface area contributed by atoms with Gasteiger partial charge >= 0.3 is 0 Å². The summed E-state index contributed by atoms with van der Waals surface area (Å²) in [5.74, 6) is 0. The average molecular weight is 290 g/mol. The molecule has 1 aromatic heterocycles. The van der Waals surface area contributed by atoms with Crippen LogP contribution in [0.1, 0.15) is 44.4 Å². The zero-order chi connectivity index (χ0) is 13.6. The lowest BCUT2D eigenvalue weighted by molar-refractivity contribution is 0.528. The minimum absolute atomic E-state index is 0.0232. The van der Waals surface area contributed by atoms with E-state index in [9.17, 15) is 8.42 Å². The van der Waals surface area contributed by atoms with Crippen LogP contribution in [0.25, 0.3) is 0 Å². The highest BCUT2D eigenvalue weighted by Crippen LogP contribution is 2.21. The predicted octanol–water partition coefficient (Wildman–Crippen LogP) is 2.45. The quantitative estimate of drug-likeness (QED) is 0.722. The van der Waals surface area contributed by atoms with Gasteiger partial charge in [0.15, 0.2) is 0 Å². The number of nitrogens with one attached hydrogen (secondary N) is 1. The van der Waals surface area contributed by atoms with Crippen LogP contribution in [0.4, 0.5) is 0 Å². The third kappa shape index (κ3) is 4.68. The van der Waals surface area contributed by atoms with Crippen molar-refractivity contribution in [3.05, 3.63) is 17.0 Å². The summed E-state index contributed by atoms with van der Waals surface area (Å²) < 4.78 is 27.2. The number of thiophene rings is 1. The molecule has 104 valence electrons. The van der Waals surface area contributed by atoms with Crippen molar-refractivity contribution in [3.63, 3.8) is 0 Å². The van der Waals surface area contributed by atoms with Crippen molar-refractivity contribution >= 4 is 21.4 Å². The van der Waals surface area contributed by atoms with Gasteiger partial charge in [0.1, 0.15) is 4.21 Å². The van der Waals surface area contributed by atoms with Gasteiger partial charge in [-0.2, -0.15) is 0 Å². The highest BCUT2D eigenvalue weighted by molar-refractivity contribution is 7.91. The molecule has 0 aliphatic heterocycles. The molecule has 0 saturated heterocycles. The lowest BCUT2D eigenvalue weighted by atomic mass is 10.1. The zero-order valence-corrected chi connectivity index (χ0v) is 12.6. The summed E-state index contributed by atoms with van der Waals surface area (Å²) >= 11 is 1.23. The van der Waals surface area contributed by atoms with E-state index < -0.39 is 10.0 Å². The number of sulfonamides is 1. The van der Waals surface area contributed by atoms with Crippen LogP contribution in [-0.2, 0) is 16.6 Å². The fraction of sp³-hybridized carbons (Fsp3) is 0.667. The highest BCUT2D eigenvalue weighted by Gasteiger charge is 2.19. The Labute approximate surface area is 114 Å². The van der Waals surface area contributed by atoms with Gasteiger partial charge in [0.2, 0.25) is 10.0 Å². The molecule has 3 N–H and O–H groups in total. The van der Waals surface area contributed by atoms with Gasteiger partial charge in [-0.3, -0.25) is 0 Å². The normalized spacial score (nSPS) is 13.7. The van der Waals surface area contributed by atoms with Crippen molar-refractivity contribution in [2.45, 2.75) is 56.3 Å². The maximum Gasteiger partial charge on any atom is 0.250 e. The van der Waals surface area contributed by atoms with Crippen molar-refractivity contribution in [3.8, 4) is 0 Å². The van der Waals surface area contributed by atoms with Crippen LogP contribution in [0.2, 0.25) is 0 Å². The van der Waals surface area contributed by atoms with Gasteiger partial charge in [-0.15, -0.1) is 11.3 Å². The van der Waals surface area contributed by atoms with Crippen LogP contribution in [-0.4, -0.2) is 14.5 Å². The van der Waals surface area contributed by atoms with E-state index in [2.05, 4.69) is 11.6 Å². The second-order valence-corrected chi connectivity index (χ2v) is 7.55. The van der Waals surface area contributed by atoms with Crippen LogP contribution < -0.4 is 10.5 Å². The minimum atomic E-state index is -3.37. The molecule has 0 saturated carbocycles. The van der Waals surface area contributed by atoms with Crippen LogP contribution in [0.5, 0.6) is 0 Å². The van der Waals surface area contributed by atoms with E-state index in [0.717, 1.165) is 30.6 Å². The number of hydrogen-bond acceptors (Lipinski definition) is 4. The Balaban J connectivity index is 2.58. The van der Waals surface area contributed by atoms with E-state index in [1.54, 1.807) is 12.1 Å². The van der Waals surface area contributed by atoms with Crippen molar-refractivity contribution in [1.29, 1.82) is 0 Å². The van der Waals surface area contributed by atoms with Crippen LogP contribution in [0.3, 0.4) is 0 Å². The number of nitrogens with two attached hydrogens (primary N) is 1. The molecule has 0 spiro atoms. The van der Waals surface area contributed by atoms with E-state index in [1.807, 2.05) is 6.92 Å². The van der Waals surface area contributed by atoms with Gasteiger partial charge in [-0.05, 0) is 25.5 Å². The summed E-state index contributed by atoms with van der Waals surface area (Å²) in [5.41, 5.74) is 5.48. The lowest BCUT2D eigenvalue weighted by Gasteiger charge is -2.12. The summed E-state index contributed by atoms with van der Waals surface area (Å²) in [4.78, 5) is 0.883. The molecule has 4 nitrogen and oxygen atoms in total. The third-order valence-corrected chi connectivity index (χ3v) is 5.89. The fourth-order valence-corrected chi connectivity index (χ4v) is 4.22. The average Bonchev–Trinajstić information content (AvgIpc) is 2.78. The van der Waals surface area contributed by atoms with Crippen LogP contribution >= 0.6 is 11.3 Å². The molecule has 18 heavy (non-hydrogen) atoms. The smallest absolute Gasteiger partial charge is 0.250 e. The molecule has 1 unspecified atom stereocenters. The van der Waals surface area contributed by atoms with Gasteiger partial charge in [0.05, 0.1) is 0 Å². The van der Waals surface area contributed by atoms with E-state index >= 15 is 0 Å². The zero-order valence-electron chi connectivity index (χ0n) is 11.0. The summed E-state index contributed by atoms with van der Waals surface area (Å²) in [6.45, 7) is 4.42. The van der Waals surface area contributed by atoms with Crippen LogP contribution in [0, 0.1) is 0 Å². The Morgan fingerprint density at radius 2 is 2.11 bits per heavy atom. The molecule has 0 aliphatic rings. The second-order valence-electron chi connectivity index (χ2n) is 4.44. The van der Waals surface area contributed by atoms with Gasteiger partial charge in [0.25, 0.3) is 0 Å². The first-order valence-corrected chi connectivity index (χ1v) is 8.60. The highest BCUT2D eigenvalue weighted by atomic mass is 32.2. The summed E-state index contributed by atoms with van der Waals surface area (Å²) in [6, 6.07) is 3.36. The van der Waals surface area contributed by atoms with Crippen molar-refractivity contribution in [2.75, 3.05) is 0 Å². The summed E-state index contributed by atoms with van der Waals surface area (Å²) in [7, 11) is -3.37.